The Labute approximate surface area is 111 Å². The van der Waals surface area contributed by atoms with Crippen LogP contribution in [-0.4, -0.2) is 15.7 Å². The molecular formula is C13H20F3N3. The molecule has 0 aromatic carbocycles. The van der Waals surface area contributed by atoms with Crippen molar-refractivity contribution in [2.45, 2.75) is 52.8 Å². The number of halogens is 3. The lowest BCUT2D eigenvalue weighted by atomic mass is 9.82. The summed E-state index contributed by atoms with van der Waals surface area (Å²) in [6.07, 6.45) is -3.60. The monoisotopic (exact) mass is 275 g/mol. The van der Waals surface area contributed by atoms with Gasteiger partial charge < -0.3 is 5.32 Å². The second kappa shape index (κ2) is 4.98. The fourth-order valence-corrected chi connectivity index (χ4v) is 2.27. The number of rotatable bonds is 3. The minimum Gasteiger partial charge on any atom is -0.364 e. The van der Waals surface area contributed by atoms with E-state index in [1.54, 1.807) is 0 Å². The van der Waals surface area contributed by atoms with Crippen LogP contribution in [0, 0.1) is 5.41 Å². The predicted octanol–water partition coefficient (Wildman–Crippen LogP) is 4.12. The third-order valence-corrected chi connectivity index (χ3v) is 2.39. The summed E-state index contributed by atoms with van der Waals surface area (Å²) in [7, 11) is 0. The minimum atomic E-state index is -4.45. The van der Waals surface area contributed by atoms with Crippen molar-refractivity contribution in [3.8, 4) is 0 Å². The first-order chi connectivity index (χ1) is 8.39. The van der Waals surface area contributed by atoms with E-state index in [0.717, 1.165) is 12.5 Å². The largest absolute Gasteiger partial charge is 0.435 e. The van der Waals surface area contributed by atoms with Crippen LogP contribution in [-0.2, 0) is 6.18 Å². The van der Waals surface area contributed by atoms with Gasteiger partial charge in [0.05, 0.1) is 0 Å². The highest BCUT2D eigenvalue weighted by Crippen LogP contribution is 2.30. The molecule has 0 fully saturated rings. The molecule has 0 unspecified atom stereocenters. The van der Waals surface area contributed by atoms with Crippen molar-refractivity contribution in [2.75, 3.05) is 5.32 Å². The van der Waals surface area contributed by atoms with E-state index in [4.69, 9.17) is 0 Å². The predicted molar refractivity (Wildman–Crippen MR) is 68.8 cm³/mol. The molecule has 0 bridgehead atoms. The molecule has 1 heterocycles. The molecule has 0 aliphatic heterocycles. The van der Waals surface area contributed by atoms with Crippen molar-refractivity contribution in [2.24, 2.45) is 5.41 Å². The topological polar surface area (TPSA) is 37.8 Å². The molecule has 1 aromatic heterocycles. The second-order valence-electron chi connectivity index (χ2n) is 6.55. The number of hydrogen-bond acceptors (Lipinski definition) is 3. The molecule has 0 radical (unpaired) electrons. The Bertz CT molecular complexity index is 416. The zero-order valence-electron chi connectivity index (χ0n) is 11.9. The Morgan fingerprint density at radius 1 is 1.00 bits per heavy atom. The molecule has 0 saturated heterocycles. The van der Waals surface area contributed by atoms with Gasteiger partial charge in [-0.3, -0.25) is 0 Å². The molecule has 0 atom stereocenters. The van der Waals surface area contributed by atoms with Crippen LogP contribution in [0.15, 0.2) is 12.1 Å². The van der Waals surface area contributed by atoms with Crippen LogP contribution in [0.25, 0.3) is 0 Å². The third-order valence-electron chi connectivity index (χ3n) is 2.39. The summed E-state index contributed by atoms with van der Waals surface area (Å²) >= 11 is 0. The first-order valence-electron chi connectivity index (χ1n) is 6.08. The summed E-state index contributed by atoms with van der Waals surface area (Å²) in [5, 5.41) is 9.88. The smallest absolute Gasteiger partial charge is 0.364 e. The first-order valence-corrected chi connectivity index (χ1v) is 6.08. The van der Waals surface area contributed by atoms with Crippen LogP contribution in [0.4, 0.5) is 19.0 Å². The van der Waals surface area contributed by atoms with E-state index in [1.807, 2.05) is 13.8 Å². The zero-order chi connectivity index (χ0) is 14.9. The van der Waals surface area contributed by atoms with E-state index >= 15 is 0 Å². The SMILES string of the molecule is CC(C)(C)CC(C)(C)Nc1ccc(C(F)(F)F)nn1. The van der Waals surface area contributed by atoms with E-state index < -0.39 is 11.9 Å². The van der Waals surface area contributed by atoms with Gasteiger partial charge in [-0.2, -0.15) is 13.2 Å². The molecule has 6 heteroatoms. The van der Waals surface area contributed by atoms with E-state index in [2.05, 4.69) is 36.3 Å². The van der Waals surface area contributed by atoms with Crippen molar-refractivity contribution in [1.29, 1.82) is 0 Å². The van der Waals surface area contributed by atoms with Crippen LogP contribution in [0.2, 0.25) is 0 Å². The number of alkyl halides is 3. The fraction of sp³-hybridized carbons (Fsp3) is 0.692. The Balaban J connectivity index is 2.78. The molecule has 0 aliphatic rings. The van der Waals surface area contributed by atoms with Crippen molar-refractivity contribution in [3.63, 3.8) is 0 Å². The summed E-state index contributed by atoms with van der Waals surface area (Å²) in [6, 6.07) is 2.24. The average molecular weight is 275 g/mol. The van der Waals surface area contributed by atoms with Crippen LogP contribution in [0.5, 0.6) is 0 Å². The van der Waals surface area contributed by atoms with E-state index in [-0.39, 0.29) is 11.0 Å². The van der Waals surface area contributed by atoms with Gasteiger partial charge in [0.1, 0.15) is 5.82 Å². The van der Waals surface area contributed by atoms with Gasteiger partial charge in [-0.05, 0) is 37.8 Å². The summed E-state index contributed by atoms with van der Waals surface area (Å²) in [4.78, 5) is 0. The highest BCUT2D eigenvalue weighted by atomic mass is 19.4. The summed E-state index contributed by atoms with van der Waals surface area (Å²) in [6.45, 7) is 10.3. The fourth-order valence-electron chi connectivity index (χ4n) is 2.27. The average Bonchev–Trinajstić information content (AvgIpc) is 2.11. The number of nitrogens with zero attached hydrogens (tertiary/aromatic N) is 2. The van der Waals surface area contributed by atoms with Crippen LogP contribution in [0.3, 0.4) is 0 Å². The minimum absolute atomic E-state index is 0.107. The summed E-state index contributed by atoms with van der Waals surface area (Å²) in [5.74, 6) is 0.349. The first kappa shape index (κ1) is 15.7. The van der Waals surface area contributed by atoms with E-state index in [1.165, 1.54) is 6.07 Å². The van der Waals surface area contributed by atoms with Crippen molar-refractivity contribution in [3.05, 3.63) is 17.8 Å². The summed E-state index contributed by atoms with van der Waals surface area (Å²) in [5.41, 5.74) is -1.14. The highest BCUT2D eigenvalue weighted by Gasteiger charge is 2.33. The van der Waals surface area contributed by atoms with Crippen molar-refractivity contribution >= 4 is 5.82 Å². The van der Waals surface area contributed by atoms with E-state index in [0.29, 0.717) is 5.82 Å². The molecular weight excluding hydrogens is 255 g/mol. The summed E-state index contributed by atoms with van der Waals surface area (Å²) < 4.78 is 37.1. The van der Waals surface area contributed by atoms with Crippen LogP contribution >= 0.6 is 0 Å². The van der Waals surface area contributed by atoms with Crippen molar-refractivity contribution in [1.82, 2.24) is 10.2 Å². The Morgan fingerprint density at radius 2 is 1.58 bits per heavy atom. The molecule has 3 nitrogen and oxygen atoms in total. The number of nitrogens with one attached hydrogen (secondary N) is 1. The van der Waals surface area contributed by atoms with Gasteiger partial charge in [0.2, 0.25) is 0 Å². The van der Waals surface area contributed by atoms with Gasteiger partial charge in [0.15, 0.2) is 5.69 Å². The number of anilines is 1. The maximum atomic E-state index is 12.4. The van der Waals surface area contributed by atoms with Gasteiger partial charge in [-0.1, -0.05) is 20.8 Å². The highest BCUT2D eigenvalue weighted by molar-refractivity contribution is 5.36. The Hall–Kier alpha value is -1.33. The molecule has 1 rings (SSSR count). The van der Waals surface area contributed by atoms with Crippen molar-refractivity contribution < 1.29 is 13.2 Å². The molecule has 0 spiro atoms. The lowest BCUT2D eigenvalue weighted by molar-refractivity contribution is -0.141. The van der Waals surface area contributed by atoms with Gasteiger partial charge in [-0.25, -0.2) is 0 Å². The molecule has 19 heavy (non-hydrogen) atoms. The Morgan fingerprint density at radius 3 is 1.95 bits per heavy atom. The molecule has 0 amide bonds. The molecule has 0 saturated carbocycles. The standard InChI is InChI=1S/C13H20F3N3/c1-11(2,3)8-12(4,5)17-10-7-6-9(18-19-10)13(14,15)16/h6-7H,8H2,1-5H3,(H,17,19). The van der Waals surface area contributed by atoms with E-state index in [9.17, 15) is 13.2 Å². The van der Waals surface area contributed by atoms with Crippen LogP contribution in [0.1, 0.15) is 46.7 Å². The second-order valence-corrected chi connectivity index (χ2v) is 6.55. The third kappa shape index (κ3) is 5.44. The maximum absolute atomic E-state index is 12.4. The van der Waals surface area contributed by atoms with Gasteiger partial charge in [0.25, 0.3) is 0 Å². The number of hydrogen-bond donors (Lipinski definition) is 1. The molecule has 0 aliphatic carbocycles. The van der Waals surface area contributed by atoms with Gasteiger partial charge in [0, 0.05) is 5.54 Å². The van der Waals surface area contributed by atoms with Crippen LogP contribution < -0.4 is 5.32 Å². The lowest BCUT2D eigenvalue weighted by Crippen LogP contribution is -2.35. The lowest BCUT2D eigenvalue weighted by Gasteiger charge is -2.33. The molecule has 108 valence electrons. The van der Waals surface area contributed by atoms with Gasteiger partial charge >= 0.3 is 6.18 Å². The quantitative estimate of drug-likeness (QED) is 0.901. The molecule has 1 aromatic rings. The normalized spacial score (nSPS) is 13.5. The molecule has 1 N–H and O–H groups in total. The maximum Gasteiger partial charge on any atom is 0.435 e. The van der Waals surface area contributed by atoms with Gasteiger partial charge in [-0.15, -0.1) is 10.2 Å². The Kier molecular flexibility index (Phi) is 4.12. The zero-order valence-corrected chi connectivity index (χ0v) is 11.9. The number of aromatic nitrogens is 2.